The molecule has 1 aromatic heterocycles. The van der Waals surface area contributed by atoms with E-state index in [0.717, 1.165) is 16.9 Å². The fourth-order valence-corrected chi connectivity index (χ4v) is 2.54. The quantitative estimate of drug-likeness (QED) is 0.757. The van der Waals surface area contributed by atoms with Crippen molar-refractivity contribution in [1.29, 1.82) is 0 Å². The van der Waals surface area contributed by atoms with Gasteiger partial charge in [-0.2, -0.15) is 0 Å². The van der Waals surface area contributed by atoms with E-state index in [9.17, 15) is 4.79 Å². The lowest BCUT2D eigenvalue weighted by molar-refractivity contribution is 0.579. The summed E-state index contributed by atoms with van der Waals surface area (Å²) in [5.74, 6) is 0. The number of benzene rings is 1. The molecule has 0 N–H and O–H groups in total. The van der Waals surface area contributed by atoms with Crippen molar-refractivity contribution in [2.24, 2.45) is 7.05 Å². The van der Waals surface area contributed by atoms with E-state index in [1.54, 1.807) is 4.68 Å². The minimum absolute atomic E-state index is 0.0869. The lowest BCUT2D eigenvalue weighted by Crippen LogP contribution is -2.25. The predicted octanol–water partition coefficient (Wildman–Crippen LogP) is 2.78. The third-order valence-corrected chi connectivity index (χ3v) is 3.24. The minimum Gasteiger partial charge on any atom is -0.267 e. The van der Waals surface area contributed by atoms with Crippen LogP contribution in [0.4, 0.5) is 0 Å². The molecule has 3 nitrogen and oxygen atoms in total. The van der Waals surface area contributed by atoms with Crippen LogP contribution in [-0.4, -0.2) is 9.36 Å². The van der Waals surface area contributed by atoms with Crippen molar-refractivity contribution in [2.45, 2.75) is 33.1 Å². The Labute approximate surface area is 108 Å². The number of aromatic nitrogens is 2. The monoisotopic (exact) mass is 244 g/mol. The van der Waals surface area contributed by atoms with E-state index in [4.69, 9.17) is 0 Å². The maximum Gasteiger partial charge on any atom is 0.270 e. The van der Waals surface area contributed by atoms with Gasteiger partial charge < -0.3 is 0 Å². The first-order valence-corrected chi connectivity index (χ1v) is 6.18. The van der Waals surface area contributed by atoms with Gasteiger partial charge in [-0.3, -0.25) is 9.48 Å². The van der Waals surface area contributed by atoms with Crippen LogP contribution < -0.4 is 5.56 Å². The normalized spacial score (nSPS) is 11.8. The van der Waals surface area contributed by atoms with Crippen LogP contribution >= 0.6 is 0 Å². The van der Waals surface area contributed by atoms with Crippen molar-refractivity contribution >= 4 is 0 Å². The molecule has 0 amide bonds. The third kappa shape index (κ3) is 1.90. The summed E-state index contributed by atoms with van der Waals surface area (Å²) >= 11 is 0. The van der Waals surface area contributed by atoms with Gasteiger partial charge in [-0.05, 0) is 24.5 Å². The maximum absolute atomic E-state index is 12.4. The zero-order valence-corrected chi connectivity index (χ0v) is 11.7. The van der Waals surface area contributed by atoms with E-state index in [1.807, 2.05) is 49.0 Å². The Morgan fingerprint density at radius 2 is 1.61 bits per heavy atom. The summed E-state index contributed by atoms with van der Waals surface area (Å²) in [6.45, 7) is 8.24. The standard InChI is InChI=1S/C15H20N2O/c1-11-13(15(2,3)4)14(18)16(5)17(11)12-9-7-6-8-10-12/h6-10H,1-5H3. The van der Waals surface area contributed by atoms with Crippen LogP contribution in [0.25, 0.3) is 5.69 Å². The lowest BCUT2D eigenvalue weighted by atomic mass is 9.87. The summed E-state index contributed by atoms with van der Waals surface area (Å²) in [5, 5.41) is 0. The Bertz CT molecular complexity index is 612. The second-order valence-corrected chi connectivity index (χ2v) is 5.69. The number of rotatable bonds is 1. The van der Waals surface area contributed by atoms with Crippen molar-refractivity contribution < 1.29 is 0 Å². The summed E-state index contributed by atoms with van der Waals surface area (Å²) in [5.41, 5.74) is 2.86. The van der Waals surface area contributed by atoms with Crippen LogP contribution in [0.5, 0.6) is 0 Å². The summed E-state index contributed by atoms with van der Waals surface area (Å²) in [7, 11) is 1.82. The van der Waals surface area contributed by atoms with Crippen LogP contribution in [0, 0.1) is 6.92 Å². The molecule has 2 aromatic rings. The fraction of sp³-hybridized carbons (Fsp3) is 0.400. The fourth-order valence-electron chi connectivity index (χ4n) is 2.54. The molecular weight excluding hydrogens is 224 g/mol. The molecule has 0 fully saturated rings. The highest BCUT2D eigenvalue weighted by molar-refractivity contribution is 5.37. The molecule has 1 heterocycles. The summed E-state index contributed by atoms with van der Waals surface area (Å²) in [6.07, 6.45) is 0. The zero-order valence-electron chi connectivity index (χ0n) is 11.7. The van der Waals surface area contributed by atoms with Crippen LogP contribution in [-0.2, 0) is 12.5 Å². The van der Waals surface area contributed by atoms with Crippen LogP contribution in [0.1, 0.15) is 32.0 Å². The molecule has 2 rings (SSSR count). The van der Waals surface area contributed by atoms with Crippen molar-refractivity contribution in [3.8, 4) is 5.69 Å². The van der Waals surface area contributed by atoms with E-state index in [0.29, 0.717) is 0 Å². The predicted molar refractivity (Wildman–Crippen MR) is 74.4 cm³/mol. The minimum atomic E-state index is -0.140. The molecule has 0 aliphatic carbocycles. The first kappa shape index (κ1) is 12.7. The molecule has 96 valence electrons. The van der Waals surface area contributed by atoms with Gasteiger partial charge >= 0.3 is 0 Å². The number of nitrogens with zero attached hydrogens (tertiary/aromatic N) is 2. The highest BCUT2D eigenvalue weighted by Crippen LogP contribution is 2.24. The maximum atomic E-state index is 12.4. The molecule has 0 radical (unpaired) electrons. The van der Waals surface area contributed by atoms with Crippen molar-refractivity contribution in [2.75, 3.05) is 0 Å². The van der Waals surface area contributed by atoms with Gasteiger partial charge in [0.05, 0.1) is 5.69 Å². The highest BCUT2D eigenvalue weighted by Gasteiger charge is 2.25. The van der Waals surface area contributed by atoms with Gasteiger partial charge in [0.2, 0.25) is 0 Å². The van der Waals surface area contributed by atoms with Gasteiger partial charge in [0.1, 0.15) is 0 Å². The molecule has 18 heavy (non-hydrogen) atoms. The van der Waals surface area contributed by atoms with E-state index in [2.05, 4.69) is 20.8 Å². The van der Waals surface area contributed by atoms with Crippen LogP contribution in [0.15, 0.2) is 35.1 Å². The molecule has 0 aliphatic heterocycles. The number of hydrogen-bond donors (Lipinski definition) is 0. The smallest absolute Gasteiger partial charge is 0.267 e. The summed E-state index contributed by atoms with van der Waals surface area (Å²) in [4.78, 5) is 12.4. The van der Waals surface area contributed by atoms with Gasteiger partial charge in [0.25, 0.3) is 5.56 Å². The Kier molecular flexibility index (Phi) is 2.93. The van der Waals surface area contributed by atoms with Gasteiger partial charge in [-0.15, -0.1) is 0 Å². The second kappa shape index (κ2) is 4.16. The van der Waals surface area contributed by atoms with Crippen molar-refractivity contribution in [3.63, 3.8) is 0 Å². The summed E-state index contributed by atoms with van der Waals surface area (Å²) < 4.78 is 3.66. The topological polar surface area (TPSA) is 26.9 Å². The summed E-state index contributed by atoms with van der Waals surface area (Å²) in [6, 6.07) is 9.97. The Morgan fingerprint density at radius 1 is 1.06 bits per heavy atom. The number of para-hydroxylation sites is 1. The Balaban J connectivity index is 2.76. The lowest BCUT2D eigenvalue weighted by Gasteiger charge is -2.17. The first-order chi connectivity index (χ1) is 8.34. The largest absolute Gasteiger partial charge is 0.270 e. The third-order valence-electron chi connectivity index (χ3n) is 3.24. The van der Waals surface area contributed by atoms with Crippen LogP contribution in [0.2, 0.25) is 0 Å². The van der Waals surface area contributed by atoms with Gasteiger partial charge in [-0.25, -0.2) is 4.68 Å². The highest BCUT2D eigenvalue weighted by atomic mass is 16.1. The second-order valence-electron chi connectivity index (χ2n) is 5.69. The molecule has 0 unspecified atom stereocenters. The van der Waals surface area contributed by atoms with E-state index < -0.39 is 0 Å². The van der Waals surface area contributed by atoms with E-state index in [1.165, 1.54) is 0 Å². The average molecular weight is 244 g/mol. The molecule has 1 aromatic carbocycles. The molecule has 0 spiro atoms. The molecule has 0 saturated heterocycles. The molecular formula is C15H20N2O. The zero-order chi connectivity index (χ0) is 13.5. The Morgan fingerprint density at radius 3 is 2.06 bits per heavy atom. The van der Waals surface area contributed by atoms with Gasteiger partial charge in [-0.1, -0.05) is 39.0 Å². The first-order valence-electron chi connectivity index (χ1n) is 6.18. The number of hydrogen-bond acceptors (Lipinski definition) is 1. The SMILES string of the molecule is Cc1c(C(C)(C)C)c(=O)n(C)n1-c1ccccc1. The Hall–Kier alpha value is -1.77. The van der Waals surface area contributed by atoms with E-state index >= 15 is 0 Å². The van der Waals surface area contributed by atoms with Crippen molar-refractivity contribution in [1.82, 2.24) is 9.36 Å². The molecule has 0 bridgehead atoms. The van der Waals surface area contributed by atoms with Crippen LogP contribution in [0.3, 0.4) is 0 Å². The molecule has 3 heteroatoms. The molecule has 0 aliphatic rings. The van der Waals surface area contributed by atoms with Crippen molar-refractivity contribution in [3.05, 3.63) is 51.9 Å². The van der Waals surface area contributed by atoms with Gasteiger partial charge in [0, 0.05) is 18.3 Å². The molecule has 0 atom stereocenters. The molecule has 0 saturated carbocycles. The average Bonchev–Trinajstić information content (AvgIpc) is 2.50. The van der Waals surface area contributed by atoms with Gasteiger partial charge in [0.15, 0.2) is 0 Å². The van der Waals surface area contributed by atoms with E-state index in [-0.39, 0.29) is 11.0 Å².